The lowest BCUT2D eigenvalue weighted by molar-refractivity contribution is 0.228. The number of hydrogen-bond donors (Lipinski definition) is 3. The van der Waals surface area contributed by atoms with Crippen molar-refractivity contribution in [2.24, 2.45) is 5.92 Å². The highest BCUT2D eigenvalue weighted by Gasteiger charge is 2.23. The van der Waals surface area contributed by atoms with Gasteiger partial charge in [0.1, 0.15) is 4.21 Å². The zero-order valence-electron chi connectivity index (χ0n) is 9.17. The molecule has 5 nitrogen and oxygen atoms in total. The molecule has 0 aliphatic carbocycles. The number of nitrogen functional groups attached to an aromatic ring is 1. The Morgan fingerprint density at radius 2 is 2.19 bits per heavy atom. The highest BCUT2D eigenvalue weighted by Crippen LogP contribution is 2.22. The van der Waals surface area contributed by atoms with Gasteiger partial charge in [-0.1, -0.05) is 13.8 Å². The summed E-state index contributed by atoms with van der Waals surface area (Å²) in [4.78, 5) is 0. The summed E-state index contributed by atoms with van der Waals surface area (Å²) in [5.41, 5.74) is 5.89. The third-order valence-electron chi connectivity index (χ3n) is 2.17. The summed E-state index contributed by atoms with van der Waals surface area (Å²) in [5.74, 6) is 0.0251. The van der Waals surface area contributed by atoms with Crippen LogP contribution in [0.4, 0.5) is 5.69 Å². The predicted molar refractivity (Wildman–Crippen MR) is 64.8 cm³/mol. The van der Waals surface area contributed by atoms with Crippen molar-refractivity contribution in [1.82, 2.24) is 4.72 Å². The Labute approximate surface area is 99.3 Å². The zero-order chi connectivity index (χ0) is 12.3. The Hall–Kier alpha value is -0.630. The Bertz CT molecular complexity index is 439. The van der Waals surface area contributed by atoms with Crippen LogP contribution in [0.25, 0.3) is 0 Å². The molecule has 0 bridgehead atoms. The number of anilines is 1. The van der Waals surface area contributed by atoms with Gasteiger partial charge < -0.3 is 10.8 Å². The van der Waals surface area contributed by atoms with Gasteiger partial charge in [-0.05, 0) is 12.0 Å². The number of rotatable bonds is 5. The van der Waals surface area contributed by atoms with Gasteiger partial charge in [0, 0.05) is 17.1 Å². The average molecular weight is 264 g/mol. The number of hydrogen-bond acceptors (Lipinski definition) is 5. The van der Waals surface area contributed by atoms with E-state index in [1.54, 1.807) is 5.38 Å². The van der Waals surface area contributed by atoms with Crippen LogP contribution < -0.4 is 10.5 Å². The fourth-order valence-electron chi connectivity index (χ4n) is 1.11. The fourth-order valence-corrected chi connectivity index (χ4v) is 3.59. The summed E-state index contributed by atoms with van der Waals surface area (Å²) >= 11 is 1.06. The van der Waals surface area contributed by atoms with E-state index >= 15 is 0 Å². The van der Waals surface area contributed by atoms with E-state index in [4.69, 9.17) is 10.8 Å². The lowest BCUT2D eigenvalue weighted by Gasteiger charge is -2.19. The van der Waals surface area contributed by atoms with Crippen LogP contribution in [0.3, 0.4) is 0 Å². The van der Waals surface area contributed by atoms with Gasteiger partial charge in [-0.2, -0.15) is 0 Å². The molecule has 0 spiro atoms. The summed E-state index contributed by atoms with van der Waals surface area (Å²) < 4.78 is 26.3. The number of nitrogens with two attached hydrogens (primary N) is 1. The van der Waals surface area contributed by atoms with Crippen molar-refractivity contribution < 1.29 is 13.5 Å². The van der Waals surface area contributed by atoms with Gasteiger partial charge in [0.05, 0.1) is 6.61 Å². The quantitative estimate of drug-likeness (QED) is 0.727. The van der Waals surface area contributed by atoms with Gasteiger partial charge in [0.15, 0.2) is 0 Å². The van der Waals surface area contributed by atoms with Gasteiger partial charge in [-0.3, -0.25) is 0 Å². The first-order chi connectivity index (χ1) is 7.36. The first-order valence-electron chi connectivity index (χ1n) is 4.84. The van der Waals surface area contributed by atoms with Crippen LogP contribution in [-0.2, 0) is 10.0 Å². The van der Waals surface area contributed by atoms with E-state index in [0.29, 0.717) is 5.69 Å². The molecule has 0 fully saturated rings. The van der Waals surface area contributed by atoms with E-state index < -0.39 is 16.1 Å². The van der Waals surface area contributed by atoms with Crippen molar-refractivity contribution in [1.29, 1.82) is 0 Å². The molecule has 0 saturated heterocycles. The van der Waals surface area contributed by atoms with Crippen LogP contribution >= 0.6 is 11.3 Å². The Morgan fingerprint density at radius 1 is 1.56 bits per heavy atom. The highest BCUT2D eigenvalue weighted by atomic mass is 32.2. The lowest BCUT2D eigenvalue weighted by atomic mass is 10.1. The molecule has 0 aliphatic rings. The Balaban J connectivity index is 2.87. The normalized spacial score (nSPS) is 14.2. The second-order valence-corrected chi connectivity index (χ2v) is 6.71. The topological polar surface area (TPSA) is 92.4 Å². The summed E-state index contributed by atoms with van der Waals surface area (Å²) in [7, 11) is -3.57. The molecule has 1 unspecified atom stereocenters. The van der Waals surface area contributed by atoms with Gasteiger partial charge >= 0.3 is 0 Å². The van der Waals surface area contributed by atoms with Crippen LogP contribution in [0, 0.1) is 5.92 Å². The molecule has 16 heavy (non-hydrogen) atoms. The van der Waals surface area contributed by atoms with E-state index in [0.717, 1.165) is 11.3 Å². The summed E-state index contributed by atoms with van der Waals surface area (Å²) in [6.07, 6.45) is 0. The maximum absolute atomic E-state index is 11.9. The summed E-state index contributed by atoms with van der Waals surface area (Å²) in [5, 5.41) is 10.6. The van der Waals surface area contributed by atoms with Crippen molar-refractivity contribution in [2.75, 3.05) is 12.3 Å². The molecule has 4 N–H and O–H groups in total. The van der Waals surface area contributed by atoms with Crippen molar-refractivity contribution in [3.8, 4) is 0 Å². The predicted octanol–water partition coefficient (Wildman–Crippen LogP) is 0.625. The monoisotopic (exact) mass is 264 g/mol. The van der Waals surface area contributed by atoms with Gasteiger partial charge in [0.25, 0.3) is 0 Å². The van der Waals surface area contributed by atoms with Gasteiger partial charge in [0.2, 0.25) is 10.0 Å². The van der Waals surface area contributed by atoms with Crippen molar-refractivity contribution in [3.05, 3.63) is 11.4 Å². The van der Waals surface area contributed by atoms with Crippen LogP contribution in [0.5, 0.6) is 0 Å². The maximum atomic E-state index is 11.9. The first-order valence-corrected chi connectivity index (χ1v) is 7.20. The third-order valence-corrected chi connectivity index (χ3v) is 5.12. The molecule has 0 aliphatic heterocycles. The molecular weight excluding hydrogens is 248 g/mol. The maximum Gasteiger partial charge on any atom is 0.250 e. The van der Waals surface area contributed by atoms with Crippen LogP contribution in [0.15, 0.2) is 15.7 Å². The van der Waals surface area contributed by atoms with E-state index in [2.05, 4.69) is 4.72 Å². The van der Waals surface area contributed by atoms with E-state index in [1.807, 2.05) is 13.8 Å². The van der Waals surface area contributed by atoms with Crippen molar-refractivity contribution >= 4 is 27.0 Å². The molecule has 1 rings (SSSR count). The minimum Gasteiger partial charge on any atom is -0.398 e. The molecule has 0 aromatic carbocycles. The minimum absolute atomic E-state index is 0.0251. The van der Waals surface area contributed by atoms with Crippen LogP contribution in [0.1, 0.15) is 13.8 Å². The average Bonchev–Trinajstić information content (AvgIpc) is 2.61. The molecule has 1 atom stereocenters. The SMILES string of the molecule is CC(C)C(CO)NS(=O)(=O)c1cc(N)cs1. The number of aliphatic hydroxyl groups is 1. The summed E-state index contributed by atoms with van der Waals surface area (Å²) in [6, 6.07) is 0.926. The number of sulfonamides is 1. The molecule has 0 amide bonds. The third kappa shape index (κ3) is 3.18. The smallest absolute Gasteiger partial charge is 0.250 e. The standard InChI is InChI=1S/C9H16N2O3S2/c1-6(2)8(4-12)11-16(13,14)9-3-7(10)5-15-9/h3,5-6,8,11-12H,4,10H2,1-2H3. The van der Waals surface area contributed by atoms with E-state index in [-0.39, 0.29) is 16.7 Å². The van der Waals surface area contributed by atoms with E-state index in [1.165, 1.54) is 6.07 Å². The number of thiophene rings is 1. The molecule has 92 valence electrons. The Morgan fingerprint density at radius 3 is 2.56 bits per heavy atom. The lowest BCUT2D eigenvalue weighted by Crippen LogP contribution is -2.40. The van der Waals surface area contributed by atoms with Crippen molar-refractivity contribution in [3.63, 3.8) is 0 Å². The molecule has 0 saturated carbocycles. The number of nitrogens with one attached hydrogen (secondary N) is 1. The molecule has 1 aromatic heterocycles. The molecule has 1 heterocycles. The largest absolute Gasteiger partial charge is 0.398 e. The van der Waals surface area contributed by atoms with Crippen LogP contribution in [-0.4, -0.2) is 26.2 Å². The Kier molecular flexibility index (Phi) is 4.31. The molecule has 1 aromatic rings. The summed E-state index contributed by atoms with van der Waals surface area (Å²) in [6.45, 7) is 3.45. The van der Waals surface area contributed by atoms with E-state index in [9.17, 15) is 8.42 Å². The second-order valence-electron chi connectivity index (χ2n) is 3.85. The zero-order valence-corrected chi connectivity index (χ0v) is 10.8. The molecule has 0 radical (unpaired) electrons. The van der Waals surface area contributed by atoms with Gasteiger partial charge in [-0.15, -0.1) is 11.3 Å². The van der Waals surface area contributed by atoms with Crippen LogP contribution in [0.2, 0.25) is 0 Å². The minimum atomic E-state index is -3.57. The fraction of sp³-hybridized carbons (Fsp3) is 0.556. The molecular formula is C9H16N2O3S2. The molecule has 7 heteroatoms. The number of aliphatic hydroxyl groups excluding tert-OH is 1. The second kappa shape index (κ2) is 5.13. The van der Waals surface area contributed by atoms with Gasteiger partial charge in [-0.25, -0.2) is 13.1 Å². The highest BCUT2D eigenvalue weighted by molar-refractivity contribution is 7.91. The van der Waals surface area contributed by atoms with Crippen molar-refractivity contribution in [2.45, 2.75) is 24.1 Å². The first kappa shape index (κ1) is 13.4.